The maximum Gasteiger partial charge on any atom is 0.276 e. The molecule has 0 unspecified atom stereocenters. The highest BCUT2D eigenvalue weighted by Crippen LogP contribution is 2.18. The molecule has 0 aliphatic heterocycles. The van der Waals surface area contributed by atoms with Crippen LogP contribution in [0.15, 0.2) is 79.1 Å². The summed E-state index contributed by atoms with van der Waals surface area (Å²) in [6.07, 6.45) is 2.35. The number of ether oxygens (including phenoxy) is 2. The van der Waals surface area contributed by atoms with E-state index in [-0.39, 0.29) is 12.2 Å². The van der Waals surface area contributed by atoms with Crippen LogP contribution in [0, 0.1) is 5.21 Å². The van der Waals surface area contributed by atoms with E-state index >= 15 is 0 Å². The van der Waals surface area contributed by atoms with Crippen LogP contribution in [0.25, 0.3) is 0 Å². The molecule has 2 N–H and O–H groups in total. The first-order valence-electron chi connectivity index (χ1n) is 8.78. The van der Waals surface area contributed by atoms with E-state index in [0.717, 1.165) is 11.8 Å². The Morgan fingerprint density at radius 2 is 1.55 bits per heavy atom. The Morgan fingerprint density at radius 3 is 2.24 bits per heavy atom. The van der Waals surface area contributed by atoms with Gasteiger partial charge in [0, 0.05) is 6.07 Å². The molecule has 29 heavy (non-hydrogen) atoms. The normalized spacial score (nSPS) is 10.1. The number of pyridine rings is 1. The molecule has 0 saturated heterocycles. The van der Waals surface area contributed by atoms with E-state index in [1.807, 2.05) is 30.3 Å². The summed E-state index contributed by atoms with van der Waals surface area (Å²) < 4.78 is 11.5. The van der Waals surface area contributed by atoms with Gasteiger partial charge in [0.05, 0.1) is 0 Å². The number of carbonyl (C=O) groups is 2. The van der Waals surface area contributed by atoms with Gasteiger partial charge in [0.25, 0.3) is 11.8 Å². The molecule has 8 nitrogen and oxygen atoms in total. The third-order valence-corrected chi connectivity index (χ3v) is 3.79. The second-order valence-electron chi connectivity index (χ2n) is 5.99. The van der Waals surface area contributed by atoms with Crippen molar-refractivity contribution in [2.24, 2.45) is 0 Å². The molecule has 0 aliphatic rings. The number of benzene rings is 2. The van der Waals surface area contributed by atoms with Gasteiger partial charge in [-0.3, -0.25) is 20.4 Å². The molecule has 0 spiro atoms. The Kier molecular flexibility index (Phi) is 6.62. The first kappa shape index (κ1) is 19.7. The van der Waals surface area contributed by atoms with E-state index < -0.39 is 11.8 Å². The van der Waals surface area contributed by atoms with E-state index in [2.05, 4.69) is 10.9 Å². The summed E-state index contributed by atoms with van der Waals surface area (Å²) in [4.78, 5) is 23.6. The number of hydrogen-bond donors (Lipinski definition) is 2. The van der Waals surface area contributed by atoms with Crippen molar-refractivity contribution in [3.8, 4) is 11.5 Å². The maximum atomic E-state index is 11.8. The van der Waals surface area contributed by atoms with Crippen molar-refractivity contribution < 1.29 is 23.8 Å². The number of nitrogens with one attached hydrogen (secondary N) is 2. The van der Waals surface area contributed by atoms with Crippen molar-refractivity contribution in [2.45, 2.75) is 6.61 Å². The van der Waals surface area contributed by atoms with Crippen LogP contribution >= 0.6 is 0 Å². The minimum atomic E-state index is -0.608. The zero-order chi connectivity index (χ0) is 20.5. The minimum absolute atomic E-state index is 0.120. The molecular weight excluding hydrogens is 374 g/mol. The quantitative estimate of drug-likeness (QED) is 0.362. The third-order valence-electron chi connectivity index (χ3n) is 3.79. The number of amides is 2. The number of rotatable bonds is 7. The number of carbonyl (C=O) groups excluding carboxylic acids is 2. The standard InChI is InChI=1S/C21H19N3O5/c25-20(22-23-21(26)17-7-4-12-24(27)13-17)15-29-19-10-8-18(9-11-19)28-14-16-5-2-1-3-6-16/h1-13H,14-15H2,(H,22,25)(H,23,26). The SMILES string of the molecule is O=C(COc1ccc(OCc2ccccc2)cc1)NNC(=O)c1ccc[n+]([O-])c1. The first-order valence-corrected chi connectivity index (χ1v) is 8.78. The van der Waals surface area contributed by atoms with Gasteiger partial charge in [-0.05, 0) is 35.9 Å². The van der Waals surface area contributed by atoms with Gasteiger partial charge in [0.15, 0.2) is 19.0 Å². The van der Waals surface area contributed by atoms with Gasteiger partial charge in [-0.2, -0.15) is 4.73 Å². The van der Waals surface area contributed by atoms with Crippen LogP contribution in [0.4, 0.5) is 0 Å². The lowest BCUT2D eigenvalue weighted by Crippen LogP contribution is -2.44. The number of hydrogen-bond acceptors (Lipinski definition) is 5. The highest BCUT2D eigenvalue weighted by Gasteiger charge is 2.10. The molecule has 2 amide bonds. The topological polar surface area (TPSA) is 104 Å². The fourth-order valence-electron chi connectivity index (χ4n) is 2.35. The zero-order valence-corrected chi connectivity index (χ0v) is 15.4. The molecule has 0 fully saturated rings. The molecule has 0 saturated carbocycles. The van der Waals surface area contributed by atoms with E-state index in [4.69, 9.17) is 9.47 Å². The smallest absolute Gasteiger partial charge is 0.276 e. The monoisotopic (exact) mass is 393 g/mol. The molecule has 1 aromatic heterocycles. The van der Waals surface area contributed by atoms with Gasteiger partial charge in [0.1, 0.15) is 23.7 Å². The predicted molar refractivity (Wildman–Crippen MR) is 104 cm³/mol. The van der Waals surface area contributed by atoms with Crippen molar-refractivity contribution >= 4 is 11.8 Å². The van der Waals surface area contributed by atoms with Crippen LogP contribution in [0.3, 0.4) is 0 Å². The molecule has 0 aliphatic carbocycles. The van der Waals surface area contributed by atoms with Gasteiger partial charge in [0.2, 0.25) is 0 Å². The summed E-state index contributed by atoms with van der Waals surface area (Å²) in [6.45, 7) is 0.164. The molecule has 3 rings (SSSR count). The Bertz CT molecular complexity index is 962. The average Bonchev–Trinajstić information content (AvgIpc) is 2.76. The Balaban J connectivity index is 1.40. The van der Waals surface area contributed by atoms with E-state index in [1.165, 1.54) is 18.3 Å². The Hall–Kier alpha value is -4.07. The first-order chi connectivity index (χ1) is 14.1. The summed E-state index contributed by atoms with van der Waals surface area (Å²) in [7, 11) is 0. The molecule has 8 heteroatoms. The van der Waals surface area contributed by atoms with Crippen LogP contribution in [0.2, 0.25) is 0 Å². The zero-order valence-electron chi connectivity index (χ0n) is 15.4. The van der Waals surface area contributed by atoms with Crippen LogP contribution in [-0.2, 0) is 11.4 Å². The fraction of sp³-hybridized carbons (Fsp3) is 0.0952. The number of hydrazine groups is 1. The molecule has 1 heterocycles. The molecule has 0 bridgehead atoms. The molecule has 148 valence electrons. The Labute approximate surface area is 167 Å². The minimum Gasteiger partial charge on any atom is -0.619 e. The van der Waals surface area contributed by atoms with Crippen LogP contribution in [0.1, 0.15) is 15.9 Å². The second kappa shape index (κ2) is 9.75. The Morgan fingerprint density at radius 1 is 0.862 bits per heavy atom. The number of aromatic nitrogens is 1. The summed E-state index contributed by atoms with van der Waals surface area (Å²) in [5.41, 5.74) is 5.62. The van der Waals surface area contributed by atoms with Crippen LogP contribution in [0.5, 0.6) is 11.5 Å². The van der Waals surface area contributed by atoms with Crippen LogP contribution < -0.4 is 25.1 Å². The van der Waals surface area contributed by atoms with Crippen molar-refractivity contribution in [2.75, 3.05) is 6.61 Å². The van der Waals surface area contributed by atoms with Crippen molar-refractivity contribution in [1.29, 1.82) is 0 Å². The molecular formula is C21H19N3O5. The molecule has 3 aromatic rings. The highest BCUT2D eigenvalue weighted by molar-refractivity contribution is 5.94. The molecule has 2 aromatic carbocycles. The molecule has 0 atom stereocenters. The lowest BCUT2D eigenvalue weighted by molar-refractivity contribution is -0.605. The third kappa shape index (κ3) is 6.24. The van der Waals surface area contributed by atoms with Crippen molar-refractivity contribution in [3.05, 3.63) is 95.5 Å². The van der Waals surface area contributed by atoms with E-state index in [0.29, 0.717) is 22.8 Å². The van der Waals surface area contributed by atoms with Crippen molar-refractivity contribution in [1.82, 2.24) is 10.9 Å². The second-order valence-corrected chi connectivity index (χ2v) is 5.99. The fourth-order valence-corrected chi connectivity index (χ4v) is 2.35. The van der Waals surface area contributed by atoms with E-state index in [9.17, 15) is 14.8 Å². The highest BCUT2D eigenvalue weighted by atomic mass is 16.5. The van der Waals surface area contributed by atoms with Crippen molar-refractivity contribution in [3.63, 3.8) is 0 Å². The van der Waals surface area contributed by atoms with Gasteiger partial charge in [-0.1, -0.05) is 30.3 Å². The molecule has 0 radical (unpaired) electrons. The summed E-state index contributed by atoms with van der Waals surface area (Å²) in [5.74, 6) is 0.00235. The van der Waals surface area contributed by atoms with Gasteiger partial charge < -0.3 is 14.7 Å². The van der Waals surface area contributed by atoms with Gasteiger partial charge in [-0.25, -0.2) is 0 Å². The lowest BCUT2D eigenvalue weighted by atomic mass is 10.2. The predicted octanol–water partition coefficient (Wildman–Crippen LogP) is 1.74. The average molecular weight is 393 g/mol. The van der Waals surface area contributed by atoms with Gasteiger partial charge in [-0.15, -0.1) is 0 Å². The summed E-state index contributed by atoms with van der Waals surface area (Å²) >= 11 is 0. The van der Waals surface area contributed by atoms with Gasteiger partial charge >= 0.3 is 0 Å². The van der Waals surface area contributed by atoms with Crippen LogP contribution in [-0.4, -0.2) is 18.4 Å². The maximum absolute atomic E-state index is 11.8. The lowest BCUT2D eigenvalue weighted by Gasteiger charge is -2.10. The van der Waals surface area contributed by atoms with E-state index in [1.54, 1.807) is 24.3 Å². The largest absolute Gasteiger partial charge is 0.619 e. The summed E-state index contributed by atoms with van der Waals surface area (Å²) in [5, 5.41) is 11.1. The summed E-state index contributed by atoms with van der Waals surface area (Å²) in [6, 6.07) is 19.5. The number of nitrogens with zero attached hydrogens (tertiary/aromatic N) is 1.